The average molecular weight is 369 g/mol. The number of carbonyl (C=O) groups is 1. The van der Waals surface area contributed by atoms with Crippen molar-refractivity contribution in [1.82, 2.24) is 9.38 Å². The standard InChI is InChI=1S/C16H19ClN3O3S/c1-18(2)16(21)15-10(6-7-24-15)11-8-14(20(3,4)5)12(17)9-13(11)19(22)23/h6-9H,1-5H3/q+1. The van der Waals surface area contributed by atoms with Crippen molar-refractivity contribution in [2.75, 3.05) is 35.2 Å². The number of nitro benzene ring substituents is 1. The van der Waals surface area contributed by atoms with Gasteiger partial charge in [-0.1, -0.05) is 11.6 Å². The van der Waals surface area contributed by atoms with Crippen molar-refractivity contribution in [3.63, 3.8) is 0 Å². The van der Waals surface area contributed by atoms with Gasteiger partial charge in [0.25, 0.3) is 11.6 Å². The van der Waals surface area contributed by atoms with Crippen LogP contribution < -0.4 is 4.48 Å². The van der Waals surface area contributed by atoms with E-state index in [1.165, 1.54) is 22.3 Å². The minimum Gasteiger partial charge on any atom is -0.344 e. The molecule has 1 aromatic heterocycles. The molecule has 2 rings (SSSR count). The molecule has 0 N–H and O–H groups in total. The molecular weight excluding hydrogens is 350 g/mol. The lowest BCUT2D eigenvalue weighted by atomic mass is 10.0. The van der Waals surface area contributed by atoms with Crippen LogP contribution in [-0.4, -0.2) is 51.0 Å². The van der Waals surface area contributed by atoms with E-state index >= 15 is 0 Å². The molecule has 0 saturated heterocycles. The number of benzene rings is 1. The second-order valence-electron chi connectivity index (χ2n) is 6.45. The predicted molar refractivity (Wildman–Crippen MR) is 99.0 cm³/mol. The van der Waals surface area contributed by atoms with Crippen molar-refractivity contribution in [3.8, 4) is 11.1 Å². The van der Waals surface area contributed by atoms with E-state index in [9.17, 15) is 14.9 Å². The van der Waals surface area contributed by atoms with E-state index in [0.717, 1.165) is 5.69 Å². The molecular formula is C16H19ClN3O3S+. The Hall–Kier alpha value is -1.96. The summed E-state index contributed by atoms with van der Waals surface area (Å²) < 4.78 is 0.408. The maximum atomic E-state index is 12.4. The highest BCUT2D eigenvalue weighted by Gasteiger charge is 2.28. The van der Waals surface area contributed by atoms with Crippen molar-refractivity contribution >= 4 is 40.2 Å². The van der Waals surface area contributed by atoms with Crippen molar-refractivity contribution < 1.29 is 9.72 Å². The van der Waals surface area contributed by atoms with Gasteiger partial charge >= 0.3 is 0 Å². The fourth-order valence-electron chi connectivity index (χ4n) is 2.32. The first-order valence-corrected chi connectivity index (χ1v) is 8.39. The first-order chi connectivity index (χ1) is 11.0. The molecule has 0 spiro atoms. The largest absolute Gasteiger partial charge is 0.344 e. The van der Waals surface area contributed by atoms with Crippen LogP contribution in [0, 0.1) is 10.1 Å². The Bertz CT molecular complexity index is 809. The maximum absolute atomic E-state index is 12.4. The number of hydrogen-bond donors (Lipinski definition) is 0. The van der Waals surface area contributed by atoms with Gasteiger partial charge in [-0.2, -0.15) is 0 Å². The Morgan fingerprint density at radius 2 is 1.88 bits per heavy atom. The Balaban J connectivity index is 2.77. The van der Waals surface area contributed by atoms with E-state index in [0.29, 0.717) is 25.5 Å². The quantitative estimate of drug-likeness (QED) is 0.467. The summed E-state index contributed by atoms with van der Waals surface area (Å²) in [4.78, 5) is 25.3. The Morgan fingerprint density at radius 3 is 2.38 bits per heavy atom. The fourth-order valence-corrected chi connectivity index (χ4v) is 3.66. The number of rotatable bonds is 4. The first kappa shape index (κ1) is 18.4. The molecule has 6 nitrogen and oxygen atoms in total. The van der Waals surface area contributed by atoms with E-state index in [1.807, 2.05) is 21.1 Å². The fraction of sp³-hybridized carbons (Fsp3) is 0.312. The number of amides is 1. The predicted octanol–water partition coefficient (Wildman–Crippen LogP) is 3.88. The lowest BCUT2D eigenvalue weighted by molar-refractivity contribution is -0.384. The van der Waals surface area contributed by atoms with E-state index in [1.54, 1.807) is 31.6 Å². The molecule has 0 aliphatic rings. The summed E-state index contributed by atoms with van der Waals surface area (Å²) in [5.74, 6) is -0.184. The molecule has 1 heterocycles. The van der Waals surface area contributed by atoms with Gasteiger partial charge in [-0.3, -0.25) is 19.4 Å². The van der Waals surface area contributed by atoms with Gasteiger partial charge in [-0.05, 0) is 11.4 Å². The molecule has 1 aromatic carbocycles. The normalized spacial score (nSPS) is 11.4. The number of quaternary nitrogens is 1. The highest BCUT2D eigenvalue weighted by Crippen LogP contribution is 2.42. The molecule has 24 heavy (non-hydrogen) atoms. The van der Waals surface area contributed by atoms with Crippen molar-refractivity contribution in [3.05, 3.63) is 43.6 Å². The Kier molecular flexibility index (Phi) is 4.98. The molecule has 8 heteroatoms. The Labute approximate surface area is 149 Å². The van der Waals surface area contributed by atoms with Crippen LogP contribution in [0.25, 0.3) is 11.1 Å². The average Bonchev–Trinajstić information content (AvgIpc) is 2.93. The summed E-state index contributed by atoms with van der Waals surface area (Å²) in [5.41, 5.74) is 1.59. The van der Waals surface area contributed by atoms with Gasteiger partial charge in [-0.25, -0.2) is 0 Å². The van der Waals surface area contributed by atoms with E-state index in [-0.39, 0.29) is 11.6 Å². The van der Waals surface area contributed by atoms with Gasteiger partial charge in [-0.15, -0.1) is 11.3 Å². The minimum atomic E-state index is -0.470. The summed E-state index contributed by atoms with van der Waals surface area (Å²) in [6.45, 7) is 0. The maximum Gasteiger partial charge on any atom is 0.279 e. The molecule has 128 valence electrons. The molecule has 0 unspecified atom stereocenters. The number of nitrogens with zero attached hydrogens (tertiary/aromatic N) is 3. The van der Waals surface area contributed by atoms with Crippen LogP contribution >= 0.6 is 22.9 Å². The van der Waals surface area contributed by atoms with Crippen LogP contribution in [0.3, 0.4) is 0 Å². The van der Waals surface area contributed by atoms with Gasteiger partial charge in [0.2, 0.25) is 0 Å². The van der Waals surface area contributed by atoms with Gasteiger partial charge in [0, 0.05) is 31.8 Å². The lowest BCUT2D eigenvalue weighted by Gasteiger charge is -2.25. The number of nitro groups is 1. The van der Waals surface area contributed by atoms with E-state index in [2.05, 4.69) is 0 Å². The molecule has 0 radical (unpaired) electrons. The summed E-state index contributed by atoms with van der Waals surface area (Å²) in [5, 5.41) is 13.6. The molecule has 0 aliphatic heterocycles. The molecule has 1 amide bonds. The van der Waals surface area contributed by atoms with Crippen molar-refractivity contribution in [2.24, 2.45) is 0 Å². The first-order valence-electron chi connectivity index (χ1n) is 7.13. The Morgan fingerprint density at radius 1 is 1.25 bits per heavy atom. The van der Waals surface area contributed by atoms with Crippen LogP contribution in [0.4, 0.5) is 11.4 Å². The molecule has 0 fully saturated rings. The third-order valence-corrected chi connectivity index (χ3v) is 4.75. The molecule has 2 aromatic rings. The third-order valence-electron chi connectivity index (χ3n) is 3.54. The minimum absolute atomic E-state index is 0.108. The van der Waals surface area contributed by atoms with E-state index < -0.39 is 4.92 Å². The second-order valence-corrected chi connectivity index (χ2v) is 7.78. The highest BCUT2D eigenvalue weighted by molar-refractivity contribution is 7.12. The van der Waals surface area contributed by atoms with Gasteiger partial charge in [0.15, 0.2) is 5.69 Å². The number of thiophene rings is 1. The van der Waals surface area contributed by atoms with Crippen molar-refractivity contribution in [2.45, 2.75) is 0 Å². The van der Waals surface area contributed by atoms with Crippen LogP contribution in [-0.2, 0) is 0 Å². The zero-order chi connectivity index (χ0) is 18.2. The SMILES string of the molecule is CN(C)C(=O)c1sccc1-c1cc([N+](C)(C)C)c(Cl)cc1[N+](=O)[O-]. The van der Waals surface area contributed by atoms with Gasteiger partial charge in [0.05, 0.1) is 31.6 Å². The monoisotopic (exact) mass is 368 g/mol. The summed E-state index contributed by atoms with van der Waals surface area (Å²) >= 11 is 7.52. The van der Waals surface area contributed by atoms with E-state index in [4.69, 9.17) is 11.6 Å². The zero-order valence-corrected chi connectivity index (χ0v) is 15.7. The zero-order valence-electron chi connectivity index (χ0n) is 14.2. The molecule has 0 bridgehead atoms. The van der Waals surface area contributed by atoms with Crippen LogP contribution in [0.15, 0.2) is 23.6 Å². The number of hydrogen-bond acceptors (Lipinski definition) is 4. The third kappa shape index (κ3) is 3.43. The molecule has 0 saturated carbocycles. The van der Waals surface area contributed by atoms with Crippen molar-refractivity contribution in [1.29, 1.82) is 0 Å². The smallest absolute Gasteiger partial charge is 0.279 e. The van der Waals surface area contributed by atoms with Gasteiger partial charge < -0.3 is 4.90 Å². The lowest BCUT2D eigenvalue weighted by Crippen LogP contribution is -2.35. The highest BCUT2D eigenvalue weighted by atomic mass is 35.5. The van der Waals surface area contributed by atoms with Gasteiger partial charge in [0.1, 0.15) is 9.90 Å². The van der Waals surface area contributed by atoms with Crippen LogP contribution in [0.5, 0.6) is 0 Å². The topological polar surface area (TPSA) is 63.5 Å². The molecule has 0 atom stereocenters. The summed E-state index contributed by atoms with van der Waals surface area (Å²) in [6, 6.07) is 4.79. The summed E-state index contributed by atoms with van der Waals surface area (Å²) in [7, 11) is 9.09. The van der Waals surface area contributed by atoms with Crippen LogP contribution in [0.2, 0.25) is 5.02 Å². The molecule has 0 aliphatic carbocycles. The number of carbonyl (C=O) groups excluding carboxylic acids is 1. The van der Waals surface area contributed by atoms with Crippen LogP contribution in [0.1, 0.15) is 9.67 Å². The summed E-state index contributed by atoms with van der Waals surface area (Å²) in [6.07, 6.45) is 0. The second kappa shape index (κ2) is 6.51. The number of halogens is 1.